The first kappa shape index (κ1) is 20.1. The number of rotatable bonds is 10. The molecule has 0 aliphatic carbocycles. The molecular formula is C10H22O8S2. The van der Waals surface area contributed by atoms with Gasteiger partial charge >= 0.3 is 0 Å². The first-order valence-corrected chi connectivity index (χ1v) is 8.59. The third-order valence-corrected chi connectivity index (χ3v) is 6.08. The maximum atomic E-state index is 11.9. The van der Waals surface area contributed by atoms with E-state index in [-0.39, 0.29) is 12.4 Å². The number of hydrogen-bond acceptors (Lipinski definition) is 9. The fraction of sp³-hybridized carbons (Fsp3) is 1.00. The van der Waals surface area contributed by atoms with Gasteiger partial charge in [0.1, 0.15) is 18.3 Å². The summed E-state index contributed by atoms with van der Waals surface area (Å²) in [6.07, 6.45) is -6.72. The number of sulfone groups is 1. The molecule has 4 N–H and O–H groups in total. The van der Waals surface area contributed by atoms with Crippen molar-refractivity contribution in [3.8, 4) is 0 Å². The standard InChI is InChI=1S/C10H22O8S2/c1-4-17-18-19-10(20(15,16)5-2)9(14)8(13)7(12)6(3)11/h6-14H,4-5H2,1-3H3/t6-,7-,8+,9+,10?/m0/s1. The first-order valence-electron chi connectivity index (χ1n) is 6.07. The molecule has 20 heavy (non-hydrogen) atoms. The molecule has 0 bridgehead atoms. The van der Waals surface area contributed by atoms with E-state index in [9.17, 15) is 23.7 Å². The van der Waals surface area contributed by atoms with Crippen molar-refractivity contribution in [2.75, 3.05) is 12.4 Å². The number of hydrogen-bond donors (Lipinski definition) is 4. The molecule has 0 heterocycles. The van der Waals surface area contributed by atoms with Crippen LogP contribution in [0.5, 0.6) is 0 Å². The Morgan fingerprint density at radius 3 is 2.00 bits per heavy atom. The summed E-state index contributed by atoms with van der Waals surface area (Å²) in [7, 11) is -3.79. The molecule has 0 aromatic carbocycles. The van der Waals surface area contributed by atoms with Crippen LogP contribution in [0.25, 0.3) is 0 Å². The van der Waals surface area contributed by atoms with Gasteiger partial charge in [0.15, 0.2) is 14.4 Å². The van der Waals surface area contributed by atoms with Gasteiger partial charge in [0.05, 0.1) is 24.8 Å². The Kier molecular flexibility index (Phi) is 9.18. The highest BCUT2D eigenvalue weighted by Crippen LogP contribution is 2.26. The average Bonchev–Trinajstić information content (AvgIpc) is 2.40. The highest BCUT2D eigenvalue weighted by Gasteiger charge is 2.41. The Morgan fingerprint density at radius 2 is 1.60 bits per heavy atom. The monoisotopic (exact) mass is 334 g/mol. The van der Waals surface area contributed by atoms with Crippen molar-refractivity contribution in [1.29, 1.82) is 0 Å². The van der Waals surface area contributed by atoms with Crippen molar-refractivity contribution in [2.24, 2.45) is 0 Å². The molecule has 0 saturated carbocycles. The molecule has 0 aromatic rings. The second kappa shape index (κ2) is 9.15. The molecule has 122 valence electrons. The zero-order chi connectivity index (χ0) is 15.9. The molecule has 0 saturated heterocycles. The fourth-order valence-electron chi connectivity index (χ4n) is 1.26. The van der Waals surface area contributed by atoms with Crippen molar-refractivity contribution in [2.45, 2.75) is 49.8 Å². The van der Waals surface area contributed by atoms with Gasteiger partial charge in [0, 0.05) is 5.75 Å². The van der Waals surface area contributed by atoms with Gasteiger partial charge in [-0.05, 0) is 13.8 Å². The normalized spacial score (nSPS) is 20.1. The van der Waals surface area contributed by atoms with Crippen LogP contribution in [0.4, 0.5) is 0 Å². The molecular weight excluding hydrogens is 312 g/mol. The van der Waals surface area contributed by atoms with E-state index in [0.717, 1.165) is 0 Å². The highest BCUT2D eigenvalue weighted by molar-refractivity contribution is 8.11. The summed E-state index contributed by atoms with van der Waals surface area (Å²) < 4.78 is 26.7. The summed E-state index contributed by atoms with van der Waals surface area (Å²) in [5.74, 6) is -0.297. The van der Waals surface area contributed by atoms with E-state index >= 15 is 0 Å². The lowest BCUT2D eigenvalue weighted by Crippen LogP contribution is -2.49. The lowest BCUT2D eigenvalue weighted by atomic mass is 10.1. The summed E-state index contributed by atoms with van der Waals surface area (Å²) in [6, 6.07) is 0. The second-order valence-corrected chi connectivity index (χ2v) is 7.65. The largest absolute Gasteiger partial charge is 0.391 e. The molecule has 0 aliphatic heterocycles. The molecule has 0 radical (unpaired) electrons. The SMILES string of the molecule is CCOOSC([C@H](O)[C@H](O)[C@@H](O)[C@H](C)O)S(=O)(=O)CC. The van der Waals surface area contributed by atoms with Crippen LogP contribution in [0.3, 0.4) is 0 Å². The van der Waals surface area contributed by atoms with Crippen LogP contribution >= 0.6 is 12.0 Å². The molecule has 5 atom stereocenters. The van der Waals surface area contributed by atoms with Crippen LogP contribution in [0, 0.1) is 0 Å². The van der Waals surface area contributed by atoms with Gasteiger partial charge < -0.3 is 20.4 Å². The van der Waals surface area contributed by atoms with E-state index in [1.807, 2.05) is 0 Å². The third kappa shape index (κ3) is 5.82. The van der Waals surface area contributed by atoms with Gasteiger partial charge in [-0.2, -0.15) is 4.33 Å². The zero-order valence-corrected chi connectivity index (χ0v) is 13.2. The topological polar surface area (TPSA) is 134 Å². The minimum absolute atomic E-state index is 0.168. The maximum Gasteiger partial charge on any atom is 0.167 e. The average molecular weight is 334 g/mol. The predicted octanol–water partition coefficient (Wildman–Crippen LogP) is -1.17. The molecule has 10 heteroatoms. The van der Waals surface area contributed by atoms with E-state index < -0.39 is 38.8 Å². The van der Waals surface area contributed by atoms with Crippen molar-refractivity contribution < 1.29 is 38.1 Å². The molecule has 0 aliphatic rings. The second-order valence-electron chi connectivity index (χ2n) is 4.10. The van der Waals surface area contributed by atoms with Crippen molar-refractivity contribution in [3.63, 3.8) is 0 Å². The molecule has 8 nitrogen and oxygen atoms in total. The minimum atomic E-state index is -3.79. The van der Waals surface area contributed by atoms with Crippen molar-refractivity contribution in [1.82, 2.24) is 0 Å². The van der Waals surface area contributed by atoms with Gasteiger partial charge in [-0.25, -0.2) is 13.3 Å². The van der Waals surface area contributed by atoms with Crippen LogP contribution in [0.15, 0.2) is 0 Å². The van der Waals surface area contributed by atoms with Crippen LogP contribution in [0.1, 0.15) is 20.8 Å². The molecule has 0 fully saturated rings. The maximum absolute atomic E-state index is 11.9. The quantitative estimate of drug-likeness (QED) is 0.169. The summed E-state index contributed by atoms with van der Waals surface area (Å²) in [4.78, 5) is 4.54. The highest BCUT2D eigenvalue weighted by atomic mass is 32.3. The zero-order valence-electron chi connectivity index (χ0n) is 11.5. The fourth-order valence-corrected chi connectivity index (χ4v) is 3.66. The van der Waals surface area contributed by atoms with Crippen LogP contribution in [0.2, 0.25) is 0 Å². The van der Waals surface area contributed by atoms with Crippen LogP contribution in [-0.4, -0.2) is 70.2 Å². The van der Waals surface area contributed by atoms with E-state index in [1.165, 1.54) is 13.8 Å². The Bertz CT molecular complexity index is 358. The predicted molar refractivity (Wildman–Crippen MR) is 73.3 cm³/mol. The molecule has 0 aromatic heterocycles. The van der Waals surface area contributed by atoms with E-state index in [4.69, 9.17) is 5.11 Å². The molecule has 0 rings (SSSR count). The van der Waals surface area contributed by atoms with Gasteiger partial charge in [-0.15, -0.1) is 0 Å². The lowest BCUT2D eigenvalue weighted by molar-refractivity contribution is -0.186. The first-order chi connectivity index (χ1) is 9.18. The number of aliphatic hydroxyl groups is 4. The Balaban J connectivity index is 5.01. The summed E-state index contributed by atoms with van der Waals surface area (Å²) >= 11 is 0.330. The van der Waals surface area contributed by atoms with Crippen molar-refractivity contribution >= 4 is 21.9 Å². The Morgan fingerprint density at radius 1 is 1.05 bits per heavy atom. The van der Waals surface area contributed by atoms with Crippen LogP contribution < -0.4 is 0 Å². The third-order valence-electron chi connectivity index (χ3n) is 2.53. The van der Waals surface area contributed by atoms with Crippen LogP contribution in [-0.2, 0) is 19.1 Å². The molecule has 0 amide bonds. The Labute approximate surface area is 122 Å². The van der Waals surface area contributed by atoms with Gasteiger partial charge in [0.25, 0.3) is 0 Å². The van der Waals surface area contributed by atoms with E-state index in [2.05, 4.69) is 9.22 Å². The molecule has 0 spiro atoms. The van der Waals surface area contributed by atoms with Gasteiger partial charge in [0.2, 0.25) is 0 Å². The number of aliphatic hydroxyl groups excluding tert-OH is 4. The summed E-state index contributed by atoms with van der Waals surface area (Å²) in [5.41, 5.74) is 0. The molecule has 1 unspecified atom stereocenters. The van der Waals surface area contributed by atoms with Gasteiger partial charge in [-0.1, -0.05) is 6.92 Å². The van der Waals surface area contributed by atoms with E-state index in [0.29, 0.717) is 12.0 Å². The van der Waals surface area contributed by atoms with Gasteiger partial charge in [-0.3, -0.25) is 0 Å². The van der Waals surface area contributed by atoms with E-state index in [1.54, 1.807) is 6.92 Å². The summed E-state index contributed by atoms with van der Waals surface area (Å²) in [5, 5.41) is 38.3. The lowest BCUT2D eigenvalue weighted by Gasteiger charge is -2.28. The minimum Gasteiger partial charge on any atom is -0.391 e. The van der Waals surface area contributed by atoms with Crippen molar-refractivity contribution in [3.05, 3.63) is 0 Å². The smallest absolute Gasteiger partial charge is 0.167 e. The summed E-state index contributed by atoms with van der Waals surface area (Å²) in [6.45, 7) is 4.36. The Hall–Kier alpha value is 0.0600.